The minimum absolute atomic E-state index is 0.889. The lowest BCUT2D eigenvalue weighted by Gasteiger charge is -2.02. The number of hydrogen-bond donors (Lipinski definition) is 0. The number of rotatable bonds is 2. The van der Waals surface area contributed by atoms with Crippen molar-refractivity contribution in [3.05, 3.63) is 63.9 Å². The molecule has 0 bridgehead atoms. The maximum absolute atomic E-state index is 4.39. The summed E-state index contributed by atoms with van der Waals surface area (Å²) in [5.41, 5.74) is 3.59. The molecule has 0 unspecified atom stereocenters. The molecule has 0 aliphatic carbocycles. The Labute approximate surface area is 98.3 Å². The Morgan fingerprint density at radius 2 is 2.07 bits per heavy atom. The number of hydrogen-bond acceptors (Lipinski definition) is 1. The highest BCUT2D eigenvalue weighted by Crippen LogP contribution is 2.14. The van der Waals surface area contributed by atoms with Gasteiger partial charge in [0, 0.05) is 22.8 Å². The first-order chi connectivity index (χ1) is 7.24. The van der Waals surface area contributed by atoms with Crippen molar-refractivity contribution in [2.75, 3.05) is 0 Å². The molecule has 76 valence electrons. The van der Waals surface area contributed by atoms with Gasteiger partial charge in [0.15, 0.2) is 0 Å². The van der Waals surface area contributed by atoms with Crippen LogP contribution < -0.4 is 0 Å². The molecule has 0 saturated heterocycles. The van der Waals surface area contributed by atoms with Crippen molar-refractivity contribution >= 4 is 15.9 Å². The summed E-state index contributed by atoms with van der Waals surface area (Å²) in [5, 5.41) is 0. The van der Waals surface area contributed by atoms with Crippen LogP contribution in [0.5, 0.6) is 0 Å². The summed E-state index contributed by atoms with van der Waals surface area (Å²) in [6.45, 7) is 2.05. The van der Waals surface area contributed by atoms with Crippen LogP contribution in [0.25, 0.3) is 0 Å². The SMILES string of the molecule is Cc1ccc(Cc2cccc(Br)c2)nc1. The molecule has 0 radical (unpaired) electrons. The molecule has 1 aromatic carbocycles. The number of nitrogens with zero attached hydrogens (tertiary/aromatic N) is 1. The molecule has 2 aromatic rings. The summed E-state index contributed by atoms with van der Waals surface area (Å²) in [4.78, 5) is 4.39. The summed E-state index contributed by atoms with van der Waals surface area (Å²) in [6, 6.07) is 12.5. The predicted molar refractivity (Wildman–Crippen MR) is 65.9 cm³/mol. The molecule has 0 spiro atoms. The van der Waals surface area contributed by atoms with Crippen molar-refractivity contribution in [3.63, 3.8) is 0 Å². The number of halogens is 1. The van der Waals surface area contributed by atoms with Gasteiger partial charge in [-0.2, -0.15) is 0 Å². The Kier molecular flexibility index (Phi) is 3.17. The minimum atomic E-state index is 0.889. The third-order valence-electron chi connectivity index (χ3n) is 2.25. The zero-order valence-electron chi connectivity index (χ0n) is 8.57. The maximum Gasteiger partial charge on any atom is 0.0447 e. The van der Waals surface area contributed by atoms with Gasteiger partial charge in [-0.1, -0.05) is 34.1 Å². The Bertz CT molecular complexity index is 448. The van der Waals surface area contributed by atoms with E-state index in [0.29, 0.717) is 0 Å². The number of benzene rings is 1. The summed E-state index contributed by atoms with van der Waals surface area (Å²) >= 11 is 3.47. The van der Waals surface area contributed by atoms with Gasteiger partial charge in [0.25, 0.3) is 0 Å². The molecule has 0 aliphatic heterocycles. The van der Waals surface area contributed by atoms with Gasteiger partial charge >= 0.3 is 0 Å². The maximum atomic E-state index is 4.39. The van der Waals surface area contributed by atoms with E-state index in [1.165, 1.54) is 11.1 Å². The average molecular weight is 262 g/mol. The third-order valence-corrected chi connectivity index (χ3v) is 2.74. The lowest BCUT2D eigenvalue weighted by atomic mass is 10.1. The van der Waals surface area contributed by atoms with Gasteiger partial charge in [0.1, 0.15) is 0 Å². The van der Waals surface area contributed by atoms with E-state index in [1.54, 1.807) is 0 Å². The molecule has 0 N–H and O–H groups in total. The smallest absolute Gasteiger partial charge is 0.0447 e. The van der Waals surface area contributed by atoms with E-state index in [0.717, 1.165) is 16.6 Å². The monoisotopic (exact) mass is 261 g/mol. The average Bonchev–Trinajstić information content (AvgIpc) is 2.22. The second-order valence-electron chi connectivity index (χ2n) is 3.63. The van der Waals surface area contributed by atoms with Gasteiger partial charge in [-0.05, 0) is 36.2 Å². The van der Waals surface area contributed by atoms with E-state index in [-0.39, 0.29) is 0 Å². The Balaban J connectivity index is 2.18. The molecule has 0 amide bonds. The van der Waals surface area contributed by atoms with E-state index in [2.05, 4.69) is 52.1 Å². The molecular formula is C13H12BrN. The van der Waals surface area contributed by atoms with Crippen molar-refractivity contribution < 1.29 is 0 Å². The zero-order valence-corrected chi connectivity index (χ0v) is 10.2. The van der Waals surface area contributed by atoms with Crippen molar-refractivity contribution in [1.29, 1.82) is 0 Å². The fraction of sp³-hybridized carbons (Fsp3) is 0.154. The van der Waals surface area contributed by atoms with Gasteiger partial charge in [-0.3, -0.25) is 4.98 Å². The van der Waals surface area contributed by atoms with Gasteiger partial charge < -0.3 is 0 Å². The van der Waals surface area contributed by atoms with Crippen molar-refractivity contribution in [1.82, 2.24) is 4.98 Å². The van der Waals surface area contributed by atoms with E-state index in [9.17, 15) is 0 Å². The molecular weight excluding hydrogens is 250 g/mol. The van der Waals surface area contributed by atoms with Crippen LogP contribution in [0.3, 0.4) is 0 Å². The van der Waals surface area contributed by atoms with Crippen molar-refractivity contribution in [3.8, 4) is 0 Å². The second-order valence-corrected chi connectivity index (χ2v) is 4.55. The summed E-state index contributed by atoms with van der Waals surface area (Å²) in [7, 11) is 0. The van der Waals surface area contributed by atoms with Gasteiger partial charge in [0.2, 0.25) is 0 Å². The van der Waals surface area contributed by atoms with Crippen LogP contribution in [0.1, 0.15) is 16.8 Å². The second kappa shape index (κ2) is 4.58. The predicted octanol–water partition coefficient (Wildman–Crippen LogP) is 3.74. The highest BCUT2D eigenvalue weighted by molar-refractivity contribution is 9.10. The fourth-order valence-corrected chi connectivity index (χ4v) is 1.91. The third kappa shape index (κ3) is 2.90. The molecule has 0 saturated carbocycles. The van der Waals surface area contributed by atoms with Crippen LogP contribution in [0.4, 0.5) is 0 Å². The van der Waals surface area contributed by atoms with Crippen LogP contribution in [0.15, 0.2) is 47.1 Å². The molecule has 1 aromatic heterocycles. The molecule has 1 heterocycles. The summed E-state index contributed by atoms with van der Waals surface area (Å²) < 4.78 is 1.12. The summed E-state index contributed by atoms with van der Waals surface area (Å²) in [6.07, 6.45) is 2.80. The van der Waals surface area contributed by atoms with Gasteiger partial charge in [-0.15, -0.1) is 0 Å². The topological polar surface area (TPSA) is 12.9 Å². The fourth-order valence-electron chi connectivity index (χ4n) is 1.46. The van der Waals surface area contributed by atoms with Crippen LogP contribution in [0.2, 0.25) is 0 Å². The van der Waals surface area contributed by atoms with Crippen LogP contribution in [-0.4, -0.2) is 4.98 Å². The Morgan fingerprint density at radius 1 is 1.20 bits per heavy atom. The summed E-state index contributed by atoms with van der Waals surface area (Å²) in [5.74, 6) is 0. The van der Waals surface area contributed by atoms with E-state index >= 15 is 0 Å². The molecule has 0 atom stereocenters. The van der Waals surface area contributed by atoms with Gasteiger partial charge in [-0.25, -0.2) is 0 Å². The molecule has 2 rings (SSSR count). The first-order valence-electron chi connectivity index (χ1n) is 4.90. The lowest BCUT2D eigenvalue weighted by molar-refractivity contribution is 1.06. The van der Waals surface area contributed by atoms with Crippen molar-refractivity contribution in [2.24, 2.45) is 0 Å². The number of aryl methyl sites for hydroxylation is 1. The number of pyridine rings is 1. The lowest BCUT2D eigenvalue weighted by Crippen LogP contribution is -1.91. The molecule has 0 fully saturated rings. The minimum Gasteiger partial charge on any atom is -0.261 e. The van der Waals surface area contributed by atoms with Crippen molar-refractivity contribution in [2.45, 2.75) is 13.3 Å². The van der Waals surface area contributed by atoms with Crippen LogP contribution in [0, 0.1) is 6.92 Å². The molecule has 2 heteroatoms. The zero-order chi connectivity index (χ0) is 10.7. The normalized spacial score (nSPS) is 10.3. The standard InChI is InChI=1S/C13H12BrN/c1-10-5-6-13(15-9-10)8-11-3-2-4-12(14)7-11/h2-7,9H,8H2,1H3. The van der Waals surface area contributed by atoms with E-state index in [4.69, 9.17) is 0 Å². The molecule has 0 aliphatic rings. The quantitative estimate of drug-likeness (QED) is 0.803. The highest BCUT2D eigenvalue weighted by Gasteiger charge is 1.97. The van der Waals surface area contributed by atoms with E-state index in [1.807, 2.05) is 18.3 Å². The number of aromatic nitrogens is 1. The molecule has 1 nitrogen and oxygen atoms in total. The van der Waals surface area contributed by atoms with Crippen LogP contribution >= 0.6 is 15.9 Å². The largest absolute Gasteiger partial charge is 0.261 e. The first-order valence-corrected chi connectivity index (χ1v) is 5.69. The molecule has 15 heavy (non-hydrogen) atoms. The van der Waals surface area contributed by atoms with Crippen LogP contribution in [-0.2, 0) is 6.42 Å². The highest BCUT2D eigenvalue weighted by atomic mass is 79.9. The van der Waals surface area contributed by atoms with E-state index < -0.39 is 0 Å². The first kappa shape index (κ1) is 10.4. The Morgan fingerprint density at radius 3 is 2.73 bits per heavy atom. The van der Waals surface area contributed by atoms with Gasteiger partial charge in [0.05, 0.1) is 0 Å². The Hall–Kier alpha value is -1.15.